The van der Waals surface area contributed by atoms with Gasteiger partial charge in [-0.2, -0.15) is 5.53 Å². The first kappa shape index (κ1) is 17.0. The molecule has 1 aromatic rings. The number of rotatable bonds is 5. The predicted molar refractivity (Wildman–Crippen MR) is 74.3 cm³/mol. The Hall–Kier alpha value is -1.99. The Kier molecular flexibility index (Phi) is 8.94. The normalized spacial score (nSPS) is 9.47. The molecule has 19 heavy (non-hydrogen) atoms. The van der Waals surface area contributed by atoms with Crippen LogP contribution in [-0.2, 0) is 6.54 Å². The minimum atomic E-state index is -0.0249. The number of hydrazine groups is 1. The van der Waals surface area contributed by atoms with Gasteiger partial charge in [-0.25, -0.2) is 0 Å². The van der Waals surface area contributed by atoms with E-state index >= 15 is 0 Å². The average Bonchev–Trinajstić information content (AvgIpc) is 2.37. The summed E-state index contributed by atoms with van der Waals surface area (Å²) in [5.41, 5.74) is 13.3. The zero-order valence-corrected chi connectivity index (χ0v) is 11.5. The Morgan fingerprint density at radius 2 is 1.89 bits per heavy atom. The van der Waals surface area contributed by atoms with Crippen molar-refractivity contribution in [3.05, 3.63) is 35.4 Å². The largest absolute Gasteiger partial charge is 0.350 e. The topological polar surface area (TPSA) is 115 Å². The molecule has 0 radical (unpaired) electrons. The third-order valence-corrected chi connectivity index (χ3v) is 2.11. The van der Waals surface area contributed by atoms with Crippen LogP contribution < -0.4 is 22.0 Å². The van der Waals surface area contributed by atoms with Gasteiger partial charge in [0.1, 0.15) is 0 Å². The quantitative estimate of drug-likeness (QED) is 0.310. The molecule has 0 aromatic heterocycles. The lowest BCUT2D eigenvalue weighted by atomic mass is 10.1. The van der Waals surface area contributed by atoms with Gasteiger partial charge in [0.05, 0.1) is 0 Å². The van der Waals surface area contributed by atoms with E-state index in [4.69, 9.17) is 5.53 Å². The molecule has 0 saturated heterocycles. The summed E-state index contributed by atoms with van der Waals surface area (Å²) in [6.45, 7) is 4.63. The van der Waals surface area contributed by atoms with E-state index in [1.165, 1.54) is 0 Å². The van der Waals surface area contributed by atoms with Crippen molar-refractivity contribution >= 4 is 5.91 Å². The maximum absolute atomic E-state index is 11.6. The first-order chi connectivity index (χ1) is 9.04. The van der Waals surface area contributed by atoms with Crippen LogP contribution in [0.25, 0.3) is 0 Å². The molecule has 7 nitrogen and oxygen atoms in total. The van der Waals surface area contributed by atoms with Crippen LogP contribution in [0.2, 0.25) is 0 Å². The number of carbonyl (C=O) groups is 1. The molecule has 1 amide bonds. The Morgan fingerprint density at radius 1 is 1.37 bits per heavy atom. The molecule has 7 heteroatoms. The van der Waals surface area contributed by atoms with Crippen molar-refractivity contribution in [1.29, 1.82) is 5.53 Å². The minimum Gasteiger partial charge on any atom is -0.350 e. The van der Waals surface area contributed by atoms with E-state index in [9.17, 15) is 4.79 Å². The fourth-order valence-electron chi connectivity index (χ4n) is 1.31. The molecule has 0 aliphatic heterocycles. The lowest BCUT2D eigenvalue weighted by Crippen LogP contribution is -2.30. The minimum absolute atomic E-state index is 0.0249. The Labute approximate surface area is 113 Å². The summed E-state index contributed by atoms with van der Waals surface area (Å²) in [4.78, 5) is 11.6. The van der Waals surface area contributed by atoms with Crippen molar-refractivity contribution < 1.29 is 4.79 Å². The second kappa shape index (κ2) is 9.98. The van der Waals surface area contributed by atoms with E-state index in [1.54, 1.807) is 0 Å². The van der Waals surface area contributed by atoms with Gasteiger partial charge in [0.15, 0.2) is 0 Å². The van der Waals surface area contributed by atoms with E-state index < -0.39 is 0 Å². The number of nitrogens with zero attached hydrogens (tertiary/aromatic N) is 1. The number of nitrogens with two attached hydrogens (primary N) is 1. The highest BCUT2D eigenvalue weighted by Crippen LogP contribution is 2.04. The van der Waals surface area contributed by atoms with Gasteiger partial charge in [-0.15, -0.1) is 0 Å². The summed E-state index contributed by atoms with van der Waals surface area (Å²) < 4.78 is 0. The predicted octanol–water partition coefficient (Wildman–Crippen LogP) is 0.940. The maximum Gasteiger partial charge on any atom is 0.251 e. The third kappa shape index (κ3) is 7.85. The summed E-state index contributed by atoms with van der Waals surface area (Å²) in [5.74, 6) is 4.11. The van der Waals surface area contributed by atoms with E-state index in [2.05, 4.69) is 27.2 Å². The van der Waals surface area contributed by atoms with Crippen molar-refractivity contribution in [1.82, 2.24) is 16.2 Å². The zero-order valence-electron chi connectivity index (χ0n) is 11.5. The second-order valence-electron chi connectivity index (χ2n) is 4.06. The average molecular weight is 266 g/mol. The number of nitrogens with one attached hydrogen (secondary N) is 4. The molecule has 1 rings (SSSR count). The molecule has 1 aromatic carbocycles. The van der Waals surface area contributed by atoms with Crippen molar-refractivity contribution in [3.8, 4) is 0 Å². The van der Waals surface area contributed by atoms with Crippen molar-refractivity contribution in [3.63, 3.8) is 0 Å². The number of carbonyl (C=O) groups excluding carboxylic acids is 1. The molecule has 0 fully saturated rings. The van der Waals surface area contributed by atoms with Crippen LogP contribution in [0, 0.1) is 5.53 Å². The molecule has 6 N–H and O–H groups in total. The molecule has 0 atom stereocenters. The molecule has 0 spiro atoms. The number of hydrogen-bond donors (Lipinski definition) is 5. The monoisotopic (exact) mass is 266 g/mol. The second-order valence-corrected chi connectivity index (χ2v) is 4.06. The zero-order chi connectivity index (χ0) is 14.7. The number of hydrogen-bond acceptors (Lipinski definition) is 5. The first-order valence-corrected chi connectivity index (χ1v) is 5.91. The molecule has 0 bridgehead atoms. The molecule has 0 aliphatic carbocycles. The van der Waals surface area contributed by atoms with Crippen LogP contribution in [0.5, 0.6) is 0 Å². The highest BCUT2D eigenvalue weighted by atomic mass is 16.1. The van der Waals surface area contributed by atoms with Crippen LogP contribution in [0.4, 0.5) is 0 Å². The van der Waals surface area contributed by atoms with Crippen LogP contribution in [0.3, 0.4) is 0 Å². The first-order valence-electron chi connectivity index (χ1n) is 5.91. The summed E-state index contributed by atoms with van der Waals surface area (Å²) in [7, 11) is 1.82. The fourth-order valence-corrected chi connectivity index (χ4v) is 1.31. The summed E-state index contributed by atoms with van der Waals surface area (Å²) in [5, 5.41) is 5.10. The number of amides is 1. The van der Waals surface area contributed by atoms with Gasteiger partial charge in [0, 0.05) is 18.2 Å². The smallest absolute Gasteiger partial charge is 0.251 e. The van der Waals surface area contributed by atoms with Gasteiger partial charge in [-0.05, 0) is 38.6 Å². The highest BCUT2D eigenvalue weighted by Gasteiger charge is 2.05. The van der Waals surface area contributed by atoms with Crippen molar-refractivity contribution in [2.75, 3.05) is 7.05 Å². The highest BCUT2D eigenvalue weighted by molar-refractivity contribution is 5.94. The van der Waals surface area contributed by atoms with Crippen LogP contribution in [0.15, 0.2) is 29.5 Å². The van der Waals surface area contributed by atoms with Gasteiger partial charge >= 0.3 is 0 Å². The number of benzene rings is 1. The van der Waals surface area contributed by atoms with Crippen LogP contribution in [0.1, 0.15) is 29.8 Å². The summed E-state index contributed by atoms with van der Waals surface area (Å²) >= 11 is 0. The van der Waals surface area contributed by atoms with Gasteiger partial charge in [-0.3, -0.25) is 15.6 Å². The Balaban J connectivity index is 0.000000982. The van der Waals surface area contributed by atoms with Gasteiger partial charge < -0.3 is 11.2 Å². The van der Waals surface area contributed by atoms with Crippen molar-refractivity contribution in [2.45, 2.75) is 26.4 Å². The summed E-state index contributed by atoms with van der Waals surface area (Å²) in [6, 6.07) is 7.73. The molecule has 0 aliphatic rings. The van der Waals surface area contributed by atoms with E-state index in [0.717, 1.165) is 12.1 Å². The fraction of sp³-hybridized carbons (Fsp3) is 0.417. The van der Waals surface area contributed by atoms with E-state index in [0.29, 0.717) is 5.56 Å². The molecule has 0 heterocycles. The van der Waals surface area contributed by atoms with Gasteiger partial charge in [-0.1, -0.05) is 17.4 Å². The van der Waals surface area contributed by atoms with Crippen molar-refractivity contribution in [2.24, 2.45) is 11.1 Å². The molecule has 106 valence electrons. The molecular formula is C12H22N6O. The van der Waals surface area contributed by atoms with Crippen LogP contribution >= 0.6 is 0 Å². The lowest BCUT2D eigenvalue weighted by molar-refractivity contribution is 0.0943. The molecular weight excluding hydrogens is 244 g/mol. The maximum atomic E-state index is 11.6. The van der Waals surface area contributed by atoms with E-state index in [-0.39, 0.29) is 11.9 Å². The van der Waals surface area contributed by atoms with E-state index in [1.807, 2.05) is 45.2 Å². The molecule has 0 saturated carbocycles. The Morgan fingerprint density at radius 3 is 2.32 bits per heavy atom. The standard InChI is InChI=1S/C12H19N3O.H3N3/c1-9(2)15-12(16)11-6-4-10(5-7-11)8-14-13-3;1-3-2/h4-7,9,13-14H,8H2,1-3H3,(H,15,16);(H3,1,2). The van der Waals surface area contributed by atoms with Gasteiger partial charge in [0.25, 0.3) is 5.91 Å². The SMILES string of the molecule is CNNCc1ccc(C(=O)NC(C)C)cc1.N=NN. The third-order valence-electron chi connectivity index (χ3n) is 2.11. The summed E-state index contributed by atoms with van der Waals surface area (Å²) in [6.07, 6.45) is 0. The lowest BCUT2D eigenvalue weighted by Gasteiger charge is -2.09. The van der Waals surface area contributed by atoms with Crippen LogP contribution in [-0.4, -0.2) is 19.0 Å². The van der Waals surface area contributed by atoms with Gasteiger partial charge in [0.2, 0.25) is 0 Å². The molecule has 0 unspecified atom stereocenters. The Bertz CT molecular complexity index is 376.